The average Bonchev–Trinajstić information content (AvgIpc) is 2.46. The number of carbonyl (C=O) groups is 3. The highest BCUT2D eigenvalue weighted by Crippen LogP contribution is 2.09. The second kappa shape index (κ2) is 13.3. The molecule has 0 saturated carbocycles. The van der Waals surface area contributed by atoms with E-state index >= 15 is 0 Å². The first-order chi connectivity index (χ1) is 12.5. The molecule has 8 nitrogen and oxygen atoms in total. The molecular formula is C19H34NO7+. The zero-order chi connectivity index (χ0) is 20.9. The van der Waals surface area contributed by atoms with Crippen molar-refractivity contribution in [3.8, 4) is 0 Å². The van der Waals surface area contributed by atoms with Crippen molar-refractivity contribution in [3.05, 3.63) is 12.2 Å². The molecule has 0 radical (unpaired) electrons. The SMILES string of the molecule is C[N+](C)(C)CC(CC(=O)O)OC(=O)CC(O)/C=C/CCCCCCC(=O)O. The van der Waals surface area contributed by atoms with Gasteiger partial charge in [-0.3, -0.25) is 14.4 Å². The molecule has 0 spiro atoms. The molecule has 0 aliphatic rings. The van der Waals surface area contributed by atoms with Crippen LogP contribution in [0.5, 0.6) is 0 Å². The van der Waals surface area contributed by atoms with Crippen LogP contribution in [-0.4, -0.2) is 77.6 Å². The monoisotopic (exact) mass is 388 g/mol. The van der Waals surface area contributed by atoms with Crippen molar-refractivity contribution < 1.29 is 38.9 Å². The summed E-state index contributed by atoms with van der Waals surface area (Å²) in [6.45, 7) is 0.367. The fourth-order valence-corrected chi connectivity index (χ4v) is 2.57. The van der Waals surface area contributed by atoms with Crippen LogP contribution in [-0.2, 0) is 19.1 Å². The Morgan fingerprint density at radius 2 is 1.59 bits per heavy atom. The summed E-state index contributed by atoms with van der Waals surface area (Å²) >= 11 is 0. The van der Waals surface area contributed by atoms with E-state index in [0.29, 0.717) is 17.4 Å². The molecule has 0 aliphatic heterocycles. The number of quaternary nitrogens is 1. The number of aliphatic carboxylic acids is 2. The van der Waals surface area contributed by atoms with Gasteiger partial charge in [-0.15, -0.1) is 0 Å². The highest BCUT2D eigenvalue weighted by atomic mass is 16.5. The molecule has 0 amide bonds. The molecule has 0 aromatic heterocycles. The van der Waals surface area contributed by atoms with Crippen LogP contribution < -0.4 is 0 Å². The molecule has 0 aromatic carbocycles. The summed E-state index contributed by atoms with van der Waals surface area (Å²) < 4.78 is 5.68. The molecule has 0 bridgehead atoms. The Bertz CT molecular complexity index is 497. The second-order valence-electron chi connectivity index (χ2n) is 7.73. The fourth-order valence-electron chi connectivity index (χ4n) is 2.57. The standard InChI is InChI=1S/C19H33NO7/c1-20(2,3)14-16(13-18(24)25)27-19(26)12-15(21)10-8-6-4-5-7-9-11-17(22)23/h8,10,15-16,21H,4-7,9,11-14H2,1-3H3,(H-,22,23,24,25)/p+1/b10-8+. The minimum Gasteiger partial charge on any atom is -0.481 e. The van der Waals surface area contributed by atoms with E-state index in [0.717, 1.165) is 25.7 Å². The van der Waals surface area contributed by atoms with E-state index in [9.17, 15) is 19.5 Å². The summed E-state index contributed by atoms with van der Waals surface area (Å²) in [4.78, 5) is 33.2. The Morgan fingerprint density at radius 3 is 2.15 bits per heavy atom. The molecule has 0 aromatic rings. The van der Waals surface area contributed by atoms with Crippen molar-refractivity contribution in [1.82, 2.24) is 0 Å². The first-order valence-electron chi connectivity index (χ1n) is 9.28. The van der Waals surface area contributed by atoms with Crippen LogP contribution in [0, 0.1) is 0 Å². The van der Waals surface area contributed by atoms with Gasteiger partial charge in [0, 0.05) is 6.42 Å². The molecule has 0 saturated heterocycles. The van der Waals surface area contributed by atoms with Crippen LogP contribution in [0.1, 0.15) is 51.4 Å². The van der Waals surface area contributed by atoms with Crippen molar-refractivity contribution in [2.24, 2.45) is 0 Å². The van der Waals surface area contributed by atoms with E-state index in [1.165, 1.54) is 6.08 Å². The number of aliphatic hydroxyl groups is 1. The molecular weight excluding hydrogens is 354 g/mol. The molecule has 0 aliphatic carbocycles. The van der Waals surface area contributed by atoms with Crippen molar-refractivity contribution in [3.63, 3.8) is 0 Å². The number of likely N-dealkylation sites (N-methyl/N-ethyl adjacent to an activating group) is 1. The van der Waals surface area contributed by atoms with Gasteiger partial charge in [-0.2, -0.15) is 0 Å². The van der Waals surface area contributed by atoms with Gasteiger partial charge in [0.1, 0.15) is 6.54 Å². The maximum Gasteiger partial charge on any atom is 0.309 e. The van der Waals surface area contributed by atoms with Crippen molar-refractivity contribution in [2.75, 3.05) is 27.7 Å². The Labute approximate surface area is 161 Å². The van der Waals surface area contributed by atoms with Gasteiger partial charge < -0.3 is 24.5 Å². The Balaban J connectivity index is 4.12. The molecule has 2 atom stereocenters. The number of hydrogen-bond donors (Lipinski definition) is 3. The van der Waals surface area contributed by atoms with Gasteiger partial charge >= 0.3 is 17.9 Å². The normalized spacial score (nSPS) is 14.1. The summed E-state index contributed by atoms with van der Waals surface area (Å²) in [5.41, 5.74) is 0. The van der Waals surface area contributed by atoms with E-state index in [1.807, 2.05) is 21.1 Å². The Hall–Kier alpha value is -1.93. The van der Waals surface area contributed by atoms with E-state index in [1.54, 1.807) is 6.08 Å². The molecule has 3 N–H and O–H groups in total. The summed E-state index contributed by atoms with van der Waals surface area (Å²) in [6, 6.07) is 0. The molecule has 0 rings (SSSR count). The summed E-state index contributed by atoms with van der Waals surface area (Å²) in [5, 5.41) is 27.3. The highest BCUT2D eigenvalue weighted by molar-refractivity contribution is 5.72. The lowest BCUT2D eigenvalue weighted by atomic mass is 10.1. The van der Waals surface area contributed by atoms with Gasteiger partial charge in [0.2, 0.25) is 0 Å². The molecule has 156 valence electrons. The van der Waals surface area contributed by atoms with Crippen molar-refractivity contribution >= 4 is 17.9 Å². The quantitative estimate of drug-likeness (QED) is 0.169. The Morgan fingerprint density at radius 1 is 0.963 bits per heavy atom. The number of hydrogen-bond acceptors (Lipinski definition) is 5. The van der Waals surface area contributed by atoms with Gasteiger partial charge in [0.05, 0.1) is 40.1 Å². The van der Waals surface area contributed by atoms with Crippen LogP contribution >= 0.6 is 0 Å². The third-order valence-corrected chi connectivity index (χ3v) is 3.70. The third kappa shape index (κ3) is 17.3. The molecule has 27 heavy (non-hydrogen) atoms. The van der Waals surface area contributed by atoms with Crippen LogP contribution in [0.15, 0.2) is 12.2 Å². The second-order valence-corrected chi connectivity index (χ2v) is 7.73. The number of esters is 1. The average molecular weight is 388 g/mol. The number of rotatable bonds is 15. The molecule has 0 heterocycles. The van der Waals surface area contributed by atoms with Gasteiger partial charge in [0.15, 0.2) is 6.10 Å². The zero-order valence-corrected chi connectivity index (χ0v) is 16.6. The first kappa shape index (κ1) is 25.1. The number of ether oxygens (including phenoxy) is 1. The zero-order valence-electron chi connectivity index (χ0n) is 16.6. The number of carboxylic acid groups (broad SMARTS) is 2. The van der Waals surface area contributed by atoms with E-state index in [4.69, 9.17) is 14.9 Å². The lowest BCUT2D eigenvalue weighted by Gasteiger charge is -2.28. The maximum atomic E-state index is 11.9. The van der Waals surface area contributed by atoms with Crippen LogP contribution in [0.2, 0.25) is 0 Å². The lowest BCUT2D eigenvalue weighted by molar-refractivity contribution is -0.873. The number of nitrogens with zero attached hydrogens (tertiary/aromatic N) is 1. The third-order valence-electron chi connectivity index (χ3n) is 3.70. The van der Waals surface area contributed by atoms with E-state index in [-0.39, 0.29) is 19.3 Å². The van der Waals surface area contributed by atoms with E-state index in [2.05, 4.69) is 0 Å². The van der Waals surface area contributed by atoms with E-state index < -0.39 is 30.1 Å². The number of carboxylic acids is 2. The highest BCUT2D eigenvalue weighted by Gasteiger charge is 2.25. The van der Waals surface area contributed by atoms with Crippen LogP contribution in [0.25, 0.3) is 0 Å². The predicted molar refractivity (Wildman–Crippen MR) is 100 cm³/mol. The fraction of sp³-hybridized carbons (Fsp3) is 0.737. The lowest BCUT2D eigenvalue weighted by Crippen LogP contribution is -2.44. The summed E-state index contributed by atoms with van der Waals surface area (Å²) in [7, 11) is 5.63. The van der Waals surface area contributed by atoms with Gasteiger partial charge in [0.25, 0.3) is 0 Å². The number of unbranched alkanes of at least 4 members (excludes halogenated alkanes) is 4. The van der Waals surface area contributed by atoms with Crippen molar-refractivity contribution in [1.29, 1.82) is 0 Å². The Kier molecular flexibility index (Phi) is 12.3. The number of aliphatic hydroxyl groups excluding tert-OH is 1. The van der Waals surface area contributed by atoms with Gasteiger partial charge in [-0.1, -0.05) is 25.0 Å². The van der Waals surface area contributed by atoms with Crippen LogP contribution in [0.4, 0.5) is 0 Å². The topological polar surface area (TPSA) is 121 Å². The van der Waals surface area contributed by atoms with Crippen molar-refractivity contribution in [2.45, 2.75) is 63.6 Å². The number of allylic oxidation sites excluding steroid dienone is 1. The maximum absolute atomic E-state index is 11.9. The minimum absolute atomic E-state index is 0.188. The molecule has 8 heteroatoms. The smallest absolute Gasteiger partial charge is 0.309 e. The largest absolute Gasteiger partial charge is 0.481 e. The predicted octanol–water partition coefficient (Wildman–Crippen LogP) is 1.81. The van der Waals surface area contributed by atoms with Gasteiger partial charge in [-0.05, 0) is 19.3 Å². The molecule has 2 unspecified atom stereocenters. The van der Waals surface area contributed by atoms with Crippen LogP contribution in [0.3, 0.4) is 0 Å². The van der Waals surface area contributed by atoms with Gasteiger partial charge in [-0.25, -0.2) is 0 Å². The molecule has 0 fully saturated rings. The first-order valence-corrected chi connectivity index (χ1v) is 9.28. The minimum atomic E-state index is -1.04. The number of carbonyl (C=O) groups excluding carboxylic acids is 1. The summed E-state index contributed by atoms with van der Waals surface area (Å²) in [5.74, 6) is -2.44. The summed E-state index contributed by atoms with van der Waals surface area (Å²) in [6.07, 6.45) is 5.37.